The maximum Gasteiger partial charge on any atom is 0.418 e. The Morgan fingerprint density at radius 2 is 2.07 bits per heavy atom. The molecule has 0 saturated carbocycles. The van der Waals surface area contributed by atoms with Crippen molar-refractivity contribution in [2.45, 2.75) is 17.9 Å². The summed E-state index contributed by atoms with van der Waals surface area (Å²) in [5.41, 5.74) is -0.969. The lowest BCUT2D eigenvalue weighted by atomic mass is 10.1. The summed E-state index contributed by atoms with van der Waals surface area (Å²) in [4.78, 5) is 29.3. The standard InChI is InChI=1S/C18H16F3N3O3S2/c1-27-8-7-24-16(26)15-13(6-9-28-15)23-17(24)29-10-14(25)22-12-5-3-2-4-11(12)18(19,20)21/h2-6,9H,7-8,10H2,1H3,(H,22,25). The number of nitrogens with zero attached hydrogens (tertiary/aromatic N) is 2. The number of nitrogens with one attached hydrogen (secondary N) is 1. The van der Waals surface area contributed by atoms with Crippen molar-refractivity contribution in [3.63, 3.8) is 0 Å². The van der Waals surface area contributed by atoms with Gasteiger partial charge in [-0.1, -0.05) is 23.9 Å². The molecule has 29 heavy (non-hydrogen) atoms. The Bertz CT molecular complexity index is 1080. The maximum atomic E-state index is 13.1. The first-order valence-corrected chi connectivity index (χ1v) is 10.2. The Morgan fingerprint density at radius 1 is 1.31 bits per heavy atom. The van der Waals surface area contributed by atoms with Crippen LogP contribution in [0.5, 0.6) is 0 Å². The number of amides is 1. The van der Waals surface area contributed by atoms with Gasteiger partial charge in [-0.05, 0) is 23.6 Å². The van der Waals surface area contributed by atoms with Gasteiger partial charge >= 0.3 is 6.18 Å². The summed E-state index contributed by atoms with van der Waals surface area (Å²) in [7, 11) is 1.50. The van der Waals surface area contributed by atoms with Crippen LogP contribution in [0.3, 0.4) is 0 Å². The number of aromatic nitrogens is 2. The van der Waals surface area contributed by atoms with Crippen molar-refractivity contribution >= 4 is 44.9 Å². The van der Waals surface area contributed by atoms with Crippen LogP contribution in [-0.2, 0) is 22.3 Å². The molecule has 0 unspecified atom stereocenters. The van der Waals surface area contributed by atoms with Crippen LogP contribution in [0.2, 0.25) is 0 Å². The molecule has 2 heterocycles. The molecule has 0 atom stereocenters. The number of rotatable bonds is 7. The number of fused-ring (bicyclic) bond motifs is 1. The molecule has 1 amide bonds. The minimum atomic E-state index is -4.58. The highest BCUT2D eigenvalue weighted by Gasteiger charge is 2.33. The third-order valence-corrected chi connectivity index (χ3v) is 5.76. The zero-order valence-corrected chi connectivity index (χ0v) is 16.8. The molecular weight excluding hydrogens is 427 g/mol. The lowest BCUT2D eigenvalue weighted by molar-refractivity contribution is -0.137. The van der Waals surface area contributed by atoms with E-state index in [2.05, 4.69) is 10.3 Å². The number of carbonyl (C=O) groups is 1. The lowest BCUT2D eigenvalue weighted by Crippen LogP contribution is -2.25. The van der Waals surface area contributed by atoms with Crippen molar-refractivity contribution in [3.8, 4) is 0 Å². The van der Waals surface area contributed by atoms with Crippen LogP contribution in [0.25, 0.3) is 10.2 Å². The predicted molar refractivity (Wildman–Crippen MR) is 107 cm³/mol. The van der Waals surface area contributed by atoms with Gasteiger partial charge in [0, 0.05) is 7.11 Å². The van der Waals surface area contributed by atoms with Gasteiger partial charge in [0.05, 0.1) is 35.7 Å². The van der Waals surface area contributed by atoms with E-state index in [0.29, 0.717) is 15.4 Å². The number of ether oxygens (including phenoxy) is 1. The average molecular weight is 443 g/mol. The molecule has 0 fully saturated rings. The van der Waals surface area contributed by atoms with E-state index in [4.69, 9.17) is 4.74 Å². The average Bonchev–Trinajstić information content (AvgIpc) is 3.14. The summed E-state index contributed by atoms with van der Waals surface area (Å²) < 4.78 is 46.1. The molecule has 0 aliphatic carbocycles. The highest BCUT2D eigenvalue weighted by Crippen LogP contribution is 2.34. The van der Waals surface area contributed by atoms with E-state index in [0.717, 1.165) is 17.8 Å². The number of para-hydroxylation sites is 1. The van der Waals surface area contributed by atoms with Gasteiger partial charge in [0.15, 0.2) is 5.16 Å². The molecule has 1 aromatic carbocycles. The van der Waals surface area contributed by atoms with Gasteiger partial charge in [-0.3, -0.25) is 14.2 Å². The zero-order chi connectivity index (χ0) is 21.0. The van der Waals surface area contributed by atoms with Gasteiger partial charge in [-0.15, -0.1) is 11.3 Å². The molecule has 2 aromatic heterocycles. The first kappa shape index (κ1) is 21.3. The normalized spacial score (nSPS) is 11.7. The van der Waals surface area contributed by atoms with Crippen LogP contribution >= 0.6 is 23.1 Å². The summed E-state index contributed by atoms with van der Waals surface area (Å²) in [5.74, 6) is -0.842. The van der Waals surface area contributed by atoms with E-state index in [9.17, 15) is 22.8 Å². The number of thiophene rings is 1. The van der Waals surface area contributed by atoms with Crippen LogP contribution in [-0.4, -0.2) is 34.9 Å². The fourth-order valence-corrected chi connectivity index (χ4v) is 4.17. The van der Waals surface area contributed by atoms with Crippen LogP contribution in [0.15, 0.2) is 45.7 Å². The molecule has 0 aliphatic rings. The minimum absolute atomic E-state index is 0.207. The molecule has 0 radical (unpaired) electrons. The Balaban J connectivity index is 1.79. The Hall–Kier alpha value is -2.37. The Labute approximate surface area is 171 Å². The summed E-state index contributed by atoms with van der Waals surface area (Å²) in [6.45, 7) is 0.522. The van der Waals surface area contributed by atoms with E-state index in [-0.39, 0.29) is 30.2 Å². The first-order chi connectivity index (χ1) is 13.8. The quantitative estimate of drug-likeness (QED) is 0.444. The van der Waals surface area contributed by atoms with Crippen molar-refractivity contribution in [1.29, 1.82) is 0 Å². The van der Waals surface area contributed by atoms with Crippen molar-refractivity contribution in [2.24, 2.45) is 0 Å². The van der Waals surface area contributed by atoms with Gasteiger partial charge in [0.1, 0.15) is 4.70 Å². The number of thioether (sulfide) groups is 1. The minimum Gasteiger partial charge on any atom is -0.383 e. The number of halogens is 3. The van der Waals surface area contributed by atoms with Crippen LogP contribution in [0.4, 0.5) is 18.9 Å². The summed E-state index contributed by atoms with van der Waals surface area (Å²) in [6.07, 6.45) is -4.58. The fourth-order valence-electron chi connectivity index (χ4n) is 2.57. The van der Waals surface area contributed by atoms with E-state index in [1.807, 2.05) is 0 Å². The SMILES string of the molecule is COCCn1c(SCC(=O)Nc2ccccc2C(F)(F)F)nc2ccsc2c1=O. The maximum absolute atomic E-state index is 13.1. The smallest absolute Gasteiger partial charge is 0.383 e. The number of hydrogen-bond donors (Lipinski definition) is 1. The molecule has 3 rings (SSSR count). The number of benzene rings is 1. The summed E-state index contributed by atoms with van der Waals surface area (Å²) in [5, 5.41) is 4.33. The van der Waals surface area contributed by atoms with E-state index in [1.165, 1.54) is 41.2 Å². The number of hydrogen-bond acceptors (Lipinski definition) is 6. The topological polar surface area (TPSA) is 73.2 Å². The fraction of sp³-hybridized carbons (Fsp3) is 0.278. The van der Waals surface area contributed by atoms with E-state index >= 15 is 0 Å². The molecule has 0 spiro atoms. The summed E-state index contributed by atoms with van der Waals surface area (Å²) >= 11 is 2.25. The third-order valence-electron chi connectivity index (χ3n) is 3.89. The van der Waals surface area contributed by atoms with Crippen molar-refractivity contribution in [1.82, 2.24) is 9.55 Å². The van der Waals surface area contributed by atoms with Gasteiger partial charge in [-0.2, -0.15) is 13.2 Å². The zero-order valence-electron chi connectivity index (χ0n) is 15.2. The van der Waals surface area contributed by atoms with Crippen molar-refractivity contribution < 1.29 is 22.7 Å². The number of alkyl halides is 3. The van der Waals surface area contributed by atoms with Crippen LogP contribution in [0, 0.1) is 0 Å². The largest absolute Gasteiger partial charge is 0.418 e. The second-order valence-electron chi connectivity index (χ2n) is 5.86. The molecule has 0 saturated heterocycles. The van der Waals surface area contributed by atoms with Gasteiger partial charge < -0.3 is 10.1 Å². The monoisotopic (exact) mass is 443 g/mol. The second-order valence-corrected chi connectivity index (χ2v) is 7.72. The molecule has 154 valence electrons. The molecule has 0 aliphatic heterocycles. The van der Waals surface area contributed by atoms with E-state index < -0.39 is 17.6 Å². The molecule has 0 bridgehead atoms. The molecule has 11 heteroatoms. The highest BCUT2D eigenvalue weighted by atomic mass is 32.2. The van der Waals surface area contributed by atoms with Gasteiger partial charge in [0.25, 0.3) is 5.56 Å². The highest BCUT2D eigenvalue weighted by molar-refractivity contribution is 7.99. The summed E-state index contributed by atoms with van der Waals surface area (Å²) in [6, 6.07) is 6.45. The molecule has 6 nitrogen and oxygen atoms in total. The van der Waals surface area contributed by atoms with E-state index in [1.54, 1.807) is 11.4 Å². The van der Waals surface area contributed by atoms with Crippen molar-refractivity contribution in [3.05, 3.63) is 51.6 Å². The molecule has 3 aromatic rings. The predicted octanol–water partition coefficient (Wildman–Crippen LogP) is 3.85. The molecule has 1 N–H and O–H groups in total. The van der Waals surface area contributed by atoms with Gasteiger partial charge in [0.2, 0.25) is 5.91 Å². The lowest BCUT2D eigenvalue weighted by Gasteiger charge is -2.14. The number of methoxy groups -OCH3 is 1. The van der Waals surface area contributed by atoms with Crippen LogP contribution in [0.1, 0.15) is 5.56 Å². The third kappa shape index (κ3) is 4.98. The number of carbonyl (C=O) groups excluding carboxylic acids is 1. The number of anilines is 1. The molecular formula is C18H16F3N3O3S2. The first-order valence-electron chi connectivity index (χ1n) is 8.37. The Kier molecular flexibility index (Phi) is 6.60. The van der Waals surface area contributed by atoms with Gasteiger partial charge in [-0.25, -0.2) is 4.98 Å². The second kappa shape index (κ2) is 8.97. The van der Waals surface area contributed by atoms with Crippen LogP contribution < -0.4 is 10.9 Å². The Morgan fingerprint density at radius 3 is 2.79 bits per heavy atom. The van der Waals surface area contributed by atoms with Crippen molar-refractivity contribution in [2.75, 3.05) is 24.8 Å².